The predicted octanol–water partition coefficient (Wildman–Crippen LogP) is 3.10. The Labute approximate surface area is 94.2 Å². The molecule has 0 bridgehead atoms. The van der Waals surface area contributed by atoms with Crippen molar-refractivity contribution in [2.45, 2.75) is 12.5 Å². The zero-order valence-corrected chi connectivity index (χ0v) is 8.81. The van der Waals surface area contributed by atoms with Gasteiger partial charge in [0, 0.05) is 6.42 Å². The van der Waals surface area contributed by atoms with Crippen LogP contribution in [0.3, 0.4) is 0 Å². The van der Waals surface area contributed by atoms with Crippen LogP contribution in [0.2, 0.25) is 0 Å². The SMILES string of the molecule is OC(Cc1ccccc1)c1ccc(F)cc1. The average Bonchev–Trinajstić information content (AvgIpc) is 2.31. The Kier molecular flexibility index (Phi) is 3.32. The van der Waals surface area contributed by atoms with Crippen LogP contribution in [0, 0.1) is 5.82 Å². The van der Waals surface area contributed by atoms with E-state index in [4.69, 9.17) is 0 Å². The van der Waals surface area contributed by atoms with Crippen LogP contribution >= 0.6 is 0 Å². The molecule has 1 N–H and O–H groups in total. The van der Waals surface area contributed by atoms with Crippen molar-refractivity contribution in [3.8, 4) is 0 Å². The van der Waals surface area contributed by atoms with Crippen LogP contribution in [-0.4, -0.2) is 5.11 Å². The molecule has 16 heavy (non-hydrogen) atoms. The highest BCUT2D eigenvalue weighted by atomic mass is 19.1. The molecule has 0 fully saturated rings. The van der Waals surface area contributed by atoms with Crippen LogP contribution in [0.4, 0.5) is 4.39 Å². The second-order valence-corrected chi connectivity index (χ2v) is 3.76. The van der Waals surface area contributed by atoms with Crippen molar-refractivity contribution in [3.05, 3.63) is 71.5 Å². The predicted molar refractivity (Wildman–Crippen MR) is 61.5 cm³/mol. The molecule has 1 atom stereocenters. The molecule has 0 aromatic heterocycles. The summed E-state index contributed by atoms with van der Waals surface area (Å²) >= 11 is 0. The maximum Gasteiger partial charge on any atom is 0.123 e. The quantitative estimate of drug-likeness (QED) is 0.835. The van der Waals surface area contributed by atoms with Crippen molar-refractivity contribution < 1.29 is 9.50 Å². The topological polar surface area (TPSA) is 20.2 Å². The van der Waals surface area contributed by atoms with Crippen LogP contribution in [0.15, 0.2) is 54.6 Å². The Morgan fingerprint density at radius 1 is 0.938 bits per heavy atom. The standard InChI is InChI=1S/C14H13FO/c15-13-8-6-12(7-9-13)14(16)10-11-4-2-1-3-5-11/h1-9,14,16H,10H2. The molecule has 0 aliphatic rings. The van der Waals surface area contributed by atoms with E-state index in [1.54, 1.807) is 12.1 Å². The van der Waals surface area contributed by atoms with Gasteiger partial charge < -0.3 is 5.11 Å². The summed E-state index contributed by atoms with van der Waals surface area (Å²) in [6.45, 7) is 0. The molecule has 0 saturated carbocycles. The lowest BCUT2D eigenvalue weighted by atomic mass is 10.0. The fraction of sp³-hybridized carbons (Fsp3) is 0.143. The zero-order valence-electron chi connectivity index (χ0n) is 8.81. The van der Waals surface area contributed by atoms with Gasteiger partial charge in [0.05, 0.1) is 6.10 Å². The fourth-order valence-electron chi connectivity index (χ4n) is 1.64. The first-order valence-electron chi connectivity index (χ1n) is 5.23. The van der Waals surface area contributed by atoms with Crippen LogP contribution in [0.1, 0.15) is 17.2 Å². The second kappa shape index (κ2) is 4.90. The van der Waals surface area contributed by atoms with Crippen molar-refractivity contribution in [1.29, 1.82) is 0 Å². The average molecular weight is 216 g/mol. The highest BCUT2D eigenvalue weighted by Crippen LogP contribution is 2.18. The van der Waals surface area contributed by atoms with E-state index in [0.717, 1.165) is 11.1 Å². The summed E-state index contributed by atoms with van der Waals surface area (Å²) in [7, 11) is 0. The van der Waals surface area contributed by atoms with Gasteiger partial charge in [0.1, 0.15) is 5.82 Å². The largest absolute Gasteiger partial charge is 0.388 e. The first-order chi connectivity index (χ1) is 7.75. The third kappa shape index (κ3) is 2.67. The molecule has 0 aliphatic heterocycles. The molecule has 82 valence electrons. The van der Waals surface area contributed by atoms with Crippen molar-refractivity contribution in [1.82, 2.24) is 0 Å². The molecule has 0 heterocycles. The van der Waals surface area contributed by atoms with Crippen molar-refractivity contribution in [2.24, 2.45) is 0 Å². The van der Waals surface area contributed by atoms with E-state index in [-0.39, 0.29) is 5.82 Å². The van der Waals surface area contributed by atoms with Gasteiger partial charge in [-0.3, -0.25) is 0 Å². The van der Waals surface area contributed by atoms with E-state index in [1.165, 1.54) is 12.1 Å². The Balaban J connectivity index is 2.09. The number of benzene rings is 2. The fourth-order valence-corrected chi connectivity index (χ4v) is 1.64. The maximum atomic E-state index is 12.7. The lowest BCUT2D eigenvalue weighted by Gasteiger charge is -2.10. The number of aliphatic hydroxyl groups is 1. The number of rotatable bonds is 3. The van der Waals surface area contributed by atoms with Crippen molar-refractivity contribution in [2.75, 3.05) is 0 Å². The second-order valence-electron chi connectivity index (χ2n) is 3.76. The maximum absolute atomic E-state index is 12.7. The number of hydrogen-bond donors (Lipinski definition) is 1. The Morgan fingerprint density at radius 2 is 1.56 bits per heavy atom. The molecule has 0 radical (unpaired) electrons. The Hall–Kier alpha value is -1.67. The van der Waals surface area contributed by atoms with Crippen molar-refractivity contribution in [3.63, 3.8) is 0 Å². The summed E-state index contributed by atoms with van der Waals surface area (Å²) < 4.78 is 12.7. The molecule has 2 aromatic rings. The van der Waals surface area contributed by atoms with Crippen LogP contribution < -0.4 is 0 Å². The molecule has 2 heteroatoms. The summed E-state index contributed by atoms with van der Waals surface area (Å²) in [5.41, 5.74) is 1.81. The molecule has 2 aromatic carbocycles. The highest BCUT2D eigenvalue weighted by molar-refractivity contribution is 5.22. The van der Waals surface area contributed by atoms with E-state index < -0.39 is 6.10 Å². The molecular weight excluding hydrogens is 203 g/mol. The summed E-state index contributed by atoms with van der Waals surface area (Å²) in [5.74, 6) is -0.282. The molecular formula is C14H13FO. The normalized spacial score (nSPS) is 12.4. The molecule has 0 saturated heterocycles. The number of hydrogen-bond acceptors (Lipinski definition) is 1. The van der Waals surface area contributed by atoms with Gasteiger partial charge in [-0.05, 0) is 23.3 Å². The van der Waals surface area contributed by atoms with Crippen LogP contribution in [0.25, 0.3) is 0 Å². The number of aliphatic hydroxyl groups excluding tert-OH is 1. The zero-order chi connectivity index (χ0) is 11.4. The summed E-state index contributed by atoms with van der Waals surface area (Å²) in [4.78, 5) is 0. The Bertz CT molecular complexity index is 436. The van der Waals surface area contributed by atoms with E-state index >= 15 is 0 Å². The number of halogens is 1. The Morgan fingerprint density at radius 3 is 2.19 bits per heavy atom. The van der Waals surface area contributed by atoms with E-state index in [9.17, 15) is 9.50 Å². The first kappa shape index (κ1) is 10.8. The van der Waals surface area contributed by atoms with Gasteiger partial charge in [-0.2, -0.15) is 0 Å². The van der Waals surface area contributed by atoms with Crippen LogP contribution in [0.5, 0.6) is 0 Å². The lowest BCUT2D eigenvalue weighted by molar-refractivity contribution is 0.178. The molecule has 1 nitrogen and oxygen atoms in total. The minimum Gasteiger partial charge on any atom is -0.388 e. The van der Waals surface area contributed by atoms with E-state index in [0.29, 0.717) is 6.42 Å². The summed E-state index contributed by atoms with van der Waals surface area (Å²) in [6, 6.07) is 15.7. The monoisotopic (exact) mass is 216 g/mol. The van der Waals surface area contributed by atoms with Gasteiger partial charge in [-0.1, -0.05) is 42.5 Å². The van der Waals surface area contributed by atoms with Gasteiger partial charge >= 0.3 is 0 Å². The molecule has 0 amide bonds. The van der Waals surface area contributed by atoms with Gasteiger partial charge in [0.2, 0.25) is 0 Å². The molecule has 2 rings (SSSR count). The summed E-state index contributed by atoms with van der Waals surface area (Å²) in [5, 5.41) is 9.94. The molecule has 0 spiro atoms. The molecule has 0 aliphatic carbocycles. The first-order valence-corrected chi connectivity index (χ1v) is 5.23. The third-order valence-electron chi connectivity index (χ3n) is 2.53. The van der Waals surface area contributed by atoms with Crippen LogP contribution in [-0.2, 0) is 6.42 Å². The minimum absolute atomic E-state index is 0.282. The van der Waals surface area contributed by atoms with Gasteiger partial charge in [-0.15, -0.1) is 0 Å². The van der Waals surface area contributed by atoms with Gasteiger partial charge in [0.25, 0.3) is 0 Å². The smallest absolute Gasteiger partial charge is 0.123 e. The lowest BCUT2D eigenvalue weighted by Crippen LogP contribution is -2.01. The van der Waals surface area contributed by atoms with Gasteiger partial charge in [-0.25, -0.2) is 4.39 Å². The van der Waals surface area contributed by atoms with E-state index in [1.807, 2.05) is 30.3 Å². The summed E-state index contributed by atoms with van der Waals surface area (Å²) in [6.07, 6.45) is -0.0325. The van der Waals surface area contributed by atoms with Gasteiger partial charge in [0.15, 0.2) is 0 Å². The minimum atomic E-state index is -0.581. The van der Waals surface area contributed by atoms with E-state index in [2.05, 4.69) is 0 Å². The van der Waals surface area contributed by atoms with Crippen molar-refractivity contribution >= 4 is 0 Å². The third-order valence-corrected chi connectivity index (χ3v) is 2.53. The highest BCUT2D eigenvalue weighted by Gasteiger charge is 2.07. The molecule has 1 unspecified atom stereocenters.